The fourth-order valence-electron chi connectivity index (χ4n) is 4.81. The van der Waals surface area contributed by atoms with E-state index in [4.69, 9.17) is 0 Å². The molecule has 160 valence electrons. The number of rotatable bonds is 5. The van der Waals surface area contributed by atoms with Gasteiger partial charge in [0.25, 0.3) is 5.91 Å². The number of para-hydroxylation sites is 2. The maximum absolute atomic E-state index is 13.6. The van der Waals surface area contributed by atoms with Crippen molar-refractivity contribution in [3.05, 3.63) is 71.5 Å². The highest BCUT2D eigenvalue weighted by Gasteiger charge is 2.54. The SMILES string of the molecule is Cc1nc(C(=O)N2C[C@H]3C[C@H]3[C@H]2CNc2cnc3ccccc3n2)c(-c2ccccc2)s1. The number of carbonyl (C=O) groups is 1. The Labute approximate surface area is 190 Å². The molecular formula is C25H23N5OS. The predicted octanol–water partition coefficient (Wildman–Crippen LogP) is 4.63. The van der Waals surface area contributed by atoms with E-state index in [0.29, 0.717) is 24.1 Å². The van der Waals surface area contributed by atoms with E-state index in [2.05, 4.69) is 20.3 Å². The van der Waals surface area contributed by atoms with Crippen LogP contribution in [0.1, 0.15) is 21.9 Å². The number of aromatic nitrogens is 3. The summed E-state index contributed by atoms with van der Waals surface area (Å²) in [5.41, 5.74) is 3.37. The monoisotopic (exact) mass is 441 g/mol. The summed E-state index contributed by atoms with van der Waals surface area (Å²) in [5, 5.41) is 4.35. The number of anilines is 1. The average molecular weight is 442 g/mol. The number of nitrogens with zero attached hydrogens (tertiary/aromatic N) is 4. The largest absolute Gasteiger partial charge is 0.367 e. The van der Waals surface area contributed by atoms with Gasteiger partial charge in [-0.15, -0.1) is 11.3 Å². The van der Waals surface area contributed by atoms with Gasteiger partial charge >= 0.3 is 0 Å². The number of benzene rings is 2. The Morgan fingerprint density at radius 1 is 1.09 bits per heavy atom. The lowest BCUT2D eigenvalue weighted by molar-refractivity contribution is 0.0711. The quantitative estimate of drug-likeness (QED) is 0.489. The maximum atomic E-state index is 13.6. The van der Waals surface area contributed by atoms with Crippen LogP contribution in [0.3, 0.4) is 0 Å². The number of aryl methyl sites for hydroxylation is 1. The molecule has 0 unspecified atom stereocenters. The molecule has 6 nitrogen and oxygen atoms in total. The van der Waals surface area contributed by atoms with Crippen LogP contribution in [0.2, 0.25) is 0 Å². The lowest BCUT2D eigenvalue weighted by Gasteiger charge is -2.27. The van der Waals surface area contributed by atoms with Gasteiger partial charge in [0.1, 0.15) is 11.5 Å². The van der Waals surface area contributed by atoms with E-state index in [1.165, 1.54) is 6.42 Å². The Hall–Kier alpha value is -3.32. The minimum atomic E-state index is 0.0387. The van der Waals surface area contributed by atoms with E-state index in [1.54, 1.807) is 17.5 Å². The van der Waals surface area contributed by atoms with Crippen molar-refractivity contribution in [2.24, 2.45) is 11.8 Å². The average Bonchev–Trinajstić information content (AvgIpc) is 3.34. The number of piperidine rings is 1. The first-order valence-electron chi connectivity index (χ1n) is 11.0. The molecule has 32 heavy (non-hydrogen) atoms. The number of hydrogen-bond acceptors (Lipinski definition) is 6. The summed E-state index contributed by atoms with van der Waals surface area (Å²) in [6, 6.07) is 18.1. The van der Waals surface area contributed by atoms with Crippen LogP contribution in [0.5, 0.6) is 0 Å². The number of hydrogen-bond donors (Lipinski definition) is 1. The zero-order valence-corrected chi connectivity index (χ0v) is 18.5. The number of amides is 1. The van der Waals surface area contributed by atoms with Gasteiger partial charge in [0.2, 0.25) is 0 Å². The standard InChI is InChI=1S/C25H23N5OS/c1-15-28-23(24(32-15)16-7-3-2-4-8-16)25(31)30-14-17-11-18(17)21(30)12-27-22-13-26-19-9-5-6-10-20(19)29-22/h2-10,13,17-18,21H,11-12,14H2,1H3,(H,27,29)/t17-,18-,21-/m1/s1. The molecule has 2 aliphatic rings. The highest BCUT2D eigenvalue weighted by atomic mass is 32.1. The van der Waals surface area contributed by atoms with Gasteiger partial charge in [0.15, 0.2) is 0 Å². The third-order valence-corrected chi connectivity index (χ3v) is 7.50. The highest BCUT2D eigenvalue weighted by Crippen LogP contribution is 2.50. The minimum absolute atomic E-state index is 0.0387. The van der Waals surface area contributed by atoms with E-state index in [0.717, 1.165) is 38.8 Å². The van der Waals surface area contributed by atoms with E-state index >= 15 is 0 Å². The molecule has 3 atom stereocenters. The summed E-state index contributed by atoms with van der Waals surface area (Å²) in [5.74, 6) is 1.94. The number of fused-ring (bicyclic) bond motifs is 2. The summed E-state index contributed by atoms with van der Waals surface area (Å²) < 4.78 is 0. The van der Waals surface area contributed by atoms with Crippen LogP contribution in [-0.2, 0) is 0 Å². The van der Waals surface area contributed by atoms with Gasteiger partial charge in [-0.1, -0.05) is 42.5 Å². The second-order valence-electron chi connectivity index (χ2n) is 8.59. The zero-order chi connectivity index (χ0) is 21.7. The molecule has 7 heteroatoms. The summed E-state index contributed by atoms with van der Waals surface area (Å²) in [7, 11) is 0. The van der Waals surface area contributed by atoms with E-state index in [-0.39, 0.29) is 11.9 Å². The summed E-state index contributed by atoms with van der Waals surface area (Å²) >= 11 is 1.59. The number of thiazole rings is 1. The third kappa shape index (κ3) is 3.42. The molecule has 0 radical (unpaired) electrons. The molecule has 0 spiro atoms. The summed E-state index contributed by atoms with van der Waals surface area (Å²) in [4.78, 5) is 30.4. The van der Waals surface area contributed by atoms with Crippen LogP contribution in [0, 0.1) is 18.8 Å². The fourth-order valence-corrected chi connectivity index (χ4v) is 5.73. The smallest absolute Gasteiger partial charge is 0.274 e. The molecule has 1 aliphatic heterocycles. The van der Waals surface area contributed by atoms with Gasteiger partial charge in [-0.25, -0.2) is 9.97 Å². The van der Waals surface area contributed by atoms with Crippen molar-refractivity contribution in [3.8, 4) is 10.4 Å². The Kier molecular flexibility index (Phi) is 4.64. The second kappa shape index (κ2) is 7.67. The number of likely N-dealkylation sites (tertiary alicyclic amines) is 1. The topological polar surface area (TPSA) is 71.0 Å². The van der Waals surface area contributed by atoms with Crippen molar-refractivity contribution in [1.29, 1.82) is 0 Å². The van der Waals surface area contributed by atoms with Crippen molar-refractivity contribution in [2.45, 2.75) is 19.4 Å². The molecule has 1 saturated carbocycles. The molecule has 1 aliphatic carbocycles. The van der Waals surface area contributed by atoms with Crippen LogP contribution in [0.25, 0.3) is 21.5 Å². The molecular weight excluding hydrogens is 418 g/mol. The summed E-state index contributed by atoms with van der Waals surface area (Å²) in [6.07, 6.45) is 2.96. The molecule has 2 fully saturated rings. The van der Waals surface area contributed by atoms with Crippen molar-refractivity contribution in [1.82, 2.24) is 19.9 Å². The Bertz CT molecular complexity index is 1300. The molecule has 4 aromatic rings. The van der Waals surface area contributed by atoms with E-state index in [9.17, 15) is 4.79 Å². The van der Waals surface area contributed by atoms with E-state index < -0.39 is 0 Å². The molecule has 1 amide bonds. The van der Waals surface area contributed by atoms with Gasteiger partial charge < -0.3 is 10.2 Å². The molecule has 6 rings (SSSR count). The van der Waals surface area contributed by atoms with Gasteiger partial charge in [0.05, 0.1) is 33.2 Å². The van der Waals surface area contributed by atoms with Gasteiger partial charge in [-0.2, -0.15) is 0 Å². The molecule has 0 bridgehead atoms. The lowest BCUT2D eigenvalue weighted by atomic mass is 10.1. The lowest BCUT2D eigenvalue weighted by Crippen LogP contribution is -2.42. The first-order valence-corrected chi connectivity index (χ1v) is 11.8. The second-order valence-corrected chi connectivity index (χ2v) is 9.79. The first kappa shape index (κ1) is 19.4. The molecule has 2 aromatic carbocycles. The Balaban J connectivity index is 1.24. The van der Waals surface area contributed by atoms with Gasteiger partial charge in [0, 0.05) is 13.1 Å². The van der Waals surface area contributed by atoms with E-state index in [1.807, 2.05) is 66.4 Å². The van der Waals surface area contributed by atoms with Crippen molar-refractivity contribution < 1.29 is 4.79 Å². The van der Waals surface area contributed by atoms with Crippen LogP contribution >= 0.6 is 11.3 Å². The zero-order valence-electron chi connectivity index (χ0n) is 17.7. The van der Waals surface area contributed by atoms with Crippen LogP contribution < -0.4 is 5.32 Å². The Morgan fingerprint density at radius 2 is 1.88 bits per heavy atom. The number of nitrogens with one attached hydrogen (secondary N) is 1. The van der Waals surface area contributed by atoms with Crippen LogP contribution in [-0.4, -0.2) is 44.9 Å². The molecule has 1 N–H and O–H groups in total. The van der Waals surface area contributed by atoms with Crippen molar-refractivity contribution in [3.63, 3.8) is 0 Å². The van der Waals surface area contributed by atoms with Crippen LogP contribution in [0.4, 0.5) is 5.82 Å². The van der Waals surface area contributed by atoms with Crippen molar-refractivity contribution >= 4 is 34.1 Å². The molecule has 1 saturated heterocycles. The maximum Gasteiger partial charge on any atom is 0.274 e. The van der Waals surface area contributed by atoms with Crippen LogP contribution in [0.15, 0.2) is 60.8 Å². The summed E-state index contributed by atoms with van der Waals surface area (Å²) in [6.45, 7) is 3.44. The third-order valence-electron chi connectivity index (χ3n) is 6.48. The minimum Gasteiger partial charge on any atom is -0.367 e. The normalized spacial score (nSPS) is 21.5. The Morgan fingerprint density at radius 3 is 2.72 bits per heavy atom. The highest BCUT2D eigenvalue weighted by molar-refractivity contribution is 7.15. The molecule has 3 heterocycles. The van der Waals surface area contributed by atoms with Crippen molar-refractivity contribution in [2.75, 3.05) is 18.4 Å². The van der Waals surface area contributed by atoms with Gasteiger partial charge in [-0.3, -0.25) is 9.78 Å². The first-order chi connectivity index (χ1) is 15.7. The predicted molar refractivity (Wildman–Crippen MR) is 127 cm³/mol. The van der Waals surface area contributed by atoms with Gasteiger partial charge in [-0.05, 0) is 42.9 Å². The molecule has 2 aromatic heterocycles. The number of carbonyl (C=O) groups excluding carboxylic acids is 1. The fraction of sp³-hybridized carbons (Fsp3) is 0.280.